The van der Waals surface area contributed by atoms with E-state index in [4.69, 9.17) is 5.73 Å². The molecule has 0 aliphatic rings. The molecule has 5 heteroatoms. The lowest BCUT2D eigenvalue weighted by atomic mass is 10.3. The molecule has 0 fully saturated rings. The number of fused-ring (bicyclic) bond motifs is 1. The van der Waals surface area contributed by atoms with E-state index in [1.54, 1.807) is 0 Å². The van der Waals surface area contributed by atoms with Gasteiger partial charge < -0.3 is 5.73 Å². The van der Waals surface area contributed by atoms with E-state index in [0.717, 1.165) is 36.2 Å². The molecule has 0 bridgehead atoms. The van der Waals surface area contributed by atoms with Gasteiger partial charge in [-0.1, -0.05) is 13.3 Å². The highest BCUT2D eigenvalue weighted by molar-refractivity contribution is 5.77. The van der Waals surface area contributed by atoms with E-state index < -0.39 is 0 Å². The third-order valence-electron chi connectivity index (χ3n) is 2.65. The van der Waals surface area contributed by atoms with Crippen molar-refractivity contribution in [3.05, 3.63) is 5.69 Å². The molecule has 0 aliphatic heterocycles. The van der Waals surface area contributed by atoms with E-state index in [2.05, 4.69) is 17.0 Å². The van der Waals surface area contributed by atoms with Gasteiger partial charge in [0.25, 0.3) is 0 Å². The first-order valence-corrected chi connectivity index (χ1v) is 5.30. The van der Waals surface area contributed by atoms with E-state index in [1.165, 1.54) is 0 Å². The van der Waals surface area contributed by atoms with Crippen LogP contribution < -0.4 is 5.73 Å². The molecular weight excluding hydrogens is 190 g/mol. The lowest BCUT2D eigenvalue weighted by Crippen LogP contribution is -2.06. The number of aromatic nitrogens is 4. The maximum atomic E-state index is 5.89. The van der Waals surface area contributed by atoms with Crippen LogP contribution in [-0.4, -0.2) is 19.3 Å². The summed E-state index contributed by atoms with van der Waals surface area (Å²) in [7, 11) is 1.93. The Morgan fingerprint density at radius 3 is 2.80 bits per heavy atom. The third-order valence-corrected chi connectivity index (χ3v) is 2.65. The molecule has 2 N–H and O–H groups in total. The van der Waals surface area contributed by atoms with Gasteiger partial charge in [-0.15, -0.1) is 0 Å². The first kappa shape index (κ1) is 10.0. The summed E-state index contributed by atoms with van der Waals surface area (Å²) in [6.07, 6.45) is 2.26. The van der Waals surface area contributed by atoms with Gasteiger partial charge in [0.2, 0.25) is 5.95 Å². The molecule has 5 nitrogen and oxygen atoms in total. The predicted molar refractivity (Wildman–Crippen MR) is 60.6 cm³/mol. The van der Waals surface area contributed by atoms with E-state index in [0.29, 0.717) is 5.95 Å². The first-order chi connectivity index (χ1) is 7.15. The van der Waals surface area contributed by atoms with Crippen LogP contribution in [0.1, 0.15) is 25.5 Å². The van der Waals surface area contributed by atoms with Crippen LogP contribution in [0.2, 0.25) is 0 Å². The van der Waals surface area contributed by atoms with E-state index in [1.807, 2.05) is 23.2 Å². The maximum absolute atomic E-state index is 5.89. The molecule has 2 heterocycles. The summed E-state index contributed by atoms with van der Waals surface area (Å²) in [4.78, 5) is 4.34. The normalized spacial score (nSPS) is 11.4. The van der Waals surface area contributed by atoms with Crippen molar-refractivity contribution in [1.29, 1.82) is 0 Å². The predicted octanol–water partition coefficient (Wildman–Crippen LogP) is 1.46. The summed E-state index contributed by atoms with van der Waals surface area (Å²) in [6.45, 7) is 5.04. The number of nitrogens with two attached hydrogens (primary N) is 1. The lowest BCUT2D eigenvalue weighted by molar-refractivity contribution is 0.630. The van der Waals surface area contributed by atoms with Crippen LogP contribution in [-0.2, 0) is 13.6 Å². The summed E-state index contributed by atoms with van der Waals surface area (Å²) in [5.74, 6) is 0.592. The molecule has 0 aliphatic carbocycles. The lowest BCUT2D eigenvalue weighted by Gasteiger charge is -2.05. The second kappa shape index (κ2) is 3.56. The number of nitrogen functional groups attached to an aromatic ring is 1. The minimum absolute atomic E-state index is 0.592. The molecule has 0 unspecified atom stereocenters. The zero-order valence-electron chi connectivity index (χ0n) is 9.49. The summed E-state index contributed by atoms with van der Waals surface area (Å²) in [5.41, 5.74) is 8.78. The smallest absolute Gasteiger partial charge is 0.202 e. The maximum Gasteiger partial charge on any atom is 0.202 e. The van der Waals surface area contributed by atoms with Crippen molar-refractivity contribution in [3.63, 3.8) is 0 Å². The van der Waals surface area contributed by atoms with Gasteiger partial charge in [-0.3, -0.25) is 9.25 Å². The highest BCUT2D eigenvalue weighted by Crippen LogP contribution is 2.20. The van der Waals surface area contributed by atoms with Gasteiger partial charge in [0.15, 0.2) is 5.65 Å². The molecule has 0 atom stereocenters. The molecule has 0 aromatic carbocycles. The van der Waals surface area contributed by atoms with Gasteiger partial charge in [-0.05, 0) is 13.3 Å². The highest BCUT2D eigenvalue weighted by Gasteiger charge is 2.14. The second-order valence-corrected chi connectivity index (χ2v) is 3.86. The van der Waals surface area contributed by atoms with Crippen LogP contribution in [0.3, 0.4) is 0 Å². The van der Waals surface area contributed by atoms with Crippen LogP contribution in [0.5, 0.6) is 0 Å². The van der Waals surface area contributed by atoms with Crippen LogP contribution in [0, 0.1) is 6.92 Å². The first-order valence-electron chi connectivity index (χ1n) is 5.30. The van der Waals surface area contributed by atoms with Gasteiger partial charge in [0, 0.05) is 13.6 Å². The minimum Gasteiger partial charge on any atom is -0.369 e. The standard InChI is InChI=1S/C10H17N5/c1-4-5-6-15-9-8(12-10(15)11)7(2)13-14(9)3/h4-6H2,1-3H3,(H2,11,12). The number of hydrogen-bond donors (Lipinski definition) is 1. The molecule has 82 valence electrons. The highest BCUT2D eigenvalue weighted by atomic mass is 15.3. The Hall–Kier alpha value is -1.52. The fraction of sp³-hybridized carbons (Fsp3) is 0.600. The molecule has 2 rings (SSSR count). The third kappa shape index (κ3) is 1.48. The minimum atomic E-state index is 0.592. The Labute approximate surface area is 88.9 Å². The van der Waals surface area contributed by atoms with E-state index in [9.17, 15) is 0 Å². The van der Waals surface area contributed by atoms with Crippen molar-refractivity contribution in [2.24, 2.45) is 7.05 Å². The van der Waals surface area contributed by atoms with Gasteiger partial charge >= 0.3 is 0 Å². The monoisotopic (exact) mass is 207 g/mol. The van der Waals surface area contributed by atoms with Crippen molar-refractivity contribution >= 4 is 17.1 Å². The molecule has 2 aromatic heterocycles. The Balaban J connectivity index is 2.55. The molecule has 0 amide bonds. The van der Waals surface area contributed by atoms with Gasteiger partial charge in [0.05, 0.1) is 5.69 Å². The zero-order chi connectivity index (χ0) is 11.0. The largest absolute Gasteiger partial charge is 0.369 e. The average Bonchev–Trinajstić information content (AvgIpc) is 2.64. The van der Waals surface area contributed by atoms with Crippen molar-refractivity contribution < 1.29 is 0 Å². The fourth-order valence-electron chi connectivity index (χ4n) is 1.89. The topological polar surface area (TPSA) is 61.7 Å². The Bertz CT molecular complexity index is 479. The van der Waals surface area contributed by atoms with E-state index in [-0.39, 0.29) is 0 Å². The zero-order valence-corrected chi connectivity index (χ0v) is 9.49. The van der Waals surface area contributed by atoms with Crippen molar-refractivity contribution in [2.75, 3.05) is 5.73 Å². The summed E-state index contributed by atoms with van der Waals surface area (Å²) in [6, 6.07) is 0. The molecule has 0 saturated heterocycles. The van der Waals surface area contributed by atoms with Crippen molar-refractivity contribution in [3.8, 4) is 0 Å². The SMILES string of the molecule is CCCCn1c(N)nc2c(C)nn(C)c21. The van der Waals surface area contributed by atoms with Crippen molar-refractivity contribution in [1.82, 2.24) is 19.3 Å². The average molecular weight is 207 g/mol. The molecule has 0 saturated carbocycles. The van der Waals surface area contributed by atoms with Gasteiger partial charge in [-0.25, -0.2) is 4.98 Å². The number of rotatable bonds is 3. The van der Waals surface area contributed by atoms with Crippen LogP contribution in [0.15, 0.2) is 0 Å². The molecule has 0 spiro atoms. The van der Waals surface area contributed by atoms with E-state index >= 15 is 0 Å². The van der Waals surface area contributed by atoms with Crippen LogP contribution >= 0.6 is 0 Å². The van der Waals surface area contributed by atoms with Gasteiger partial charge in [-0.2, -0.15) is 5.10 Å². The second-order valence-electron chi connectivity index (χ2n) is 3.86. The molecule has 2 aromatic rings. The molecule has 0 radical (unpaired) electrons. The fourth-order valence-corrected chi connectivity index (χ4v) is 1.89. The van der Waals surface area contributed by atoms with Gasteiger partial charge in [0.1, 0.15) is 5.52 Å². The summed E-state index contributed by atoms with van der Waals surface area (Å²) in [5, 5.41) is 4.34. The molecule has 15 heavy (non-hydrogen) atoms. The van der Waals surface area contributed by atoms with Crippen molar-refractivity contribution in [2.45, 2.75) is 33.2 Å². The number of imidazole rings is 1. The number of nitrogens with zero attached hydrogens (tertiary/aromatic N) is 4. The Morgan fingerprint density at radius 2 is 2.13 bits per heavy atom. The number of aryl methyl sites for hydroxylation is 3. The quantitative estimate of drug-likeness (QED) is 0.828. The number of unbranched alkanes of at least 4 members (excludes halogenated alkanes) is 1. The number of anilines is 1. The Morgan fingerprint density at radius 1 is 1.40 bits per heavy atom. The van der Waals surface area contributed by atoms with Crippen LogP contribution in [0.4, 0.5) is 5.95 Å². The summed E-state index contributed by atoms with van der Waals surface area (Å²) >= 11 is 0. The number of hydrogen-bond acceptors (Lipinski definition) is 3. The molecular formula is C10H17N5. The van der Waals surface area contributed by atoms with Crippen LogP contribution in [0.25, 0.3) is 11.2 Å². The Kier molecular flexibility index (Phi) is 2.38. The summed E-state index contributed by atoms with van der Waals surface area (Å²) < 4.78 is 3.89.